The van der Waals surface area contributed by atoms with Crippen LogP contribution in [-0.2, 0) is 20.0 Å². The van der Waals surface area contributed by atoms with E-state index in [-0.39, 0.29) is 0 Å². The van der Waals surface area contributed by atoms with E-state index in [0.717, 1.165) is 86.8 Å². The number of aromatic nitrogens is 3. The lowest BCUT2D eigenvalue weighted by atomic mass is 9.98. The Morgan fingerprint density at radius 2 is 1.85 bits per heavy atom. The van der Waals surface area contributed by atoms with Crippen molar-refractivity contribution in [3.63, 3.8) is 0 Å². The van der Waals surface area contributed by atoms with Gasteiger partial charge < -0.3 is 14.2 Å². The molecule has 0 spiro atoms. The number of ether oxygens (including phenoxy) is 1. The van der Waals surface area contributed by atoms with E-state index < -0.39 is 0 Å². The minimum absolute atomic E-state index is 0.757. The second-order valence-electron chi connectivity index (χ2n) is 8.73. The summed E-state index contributed by atoms with van der Waals surface area (Å²) in [7, 11) is 2.05. The van der Waals surface area contributed by atoms with Crippen molar-refractivity contribution < 1.29 is 4.74 Å². The highest BCUT2D eigenvalue weighted by atomic mass is 32.2. The summed E-state index contributed by atoms with van der Waals surface area (Å²) in [5.74, 6) is 3.04. The third-order valence-corrected chi connectivity index (χ3v) is 7.68. The van der Waals surface area contributed by atoms with E-state index >= 15 is 0 Å². The molecule has 1 aliphatic rings. The predicted molar refractivity (Wildman–Crippen MR) is 140 cm³/mol. The Morgan fingerprint density at radius 1 is 1.03 bits per heavy atom. The summed E-state index contributed by atoms with van der Waals surface area (Å²) < 4.78 is 8.28. The van der Waals surface area contributed by atoms with Crippen molar-refractivity contribution in [1.82, 2.24) is 24.6 Å². The first-order chi connectivity index (χ1) is 16.7. The molecular weight excluding hydrogens is 442 g/mol. The predicted octanol–water partition coefficient (Wildman–Crippen LogP) is 4.74. The number of fused-ring (bicyclic) bond motifs is 1. The summed E-state index contributed by atoms with van der Waals surface area (Å²) in [5.41, 5.74) is 3.92. The molecule has 2 heterocycles. The average molecular weight is 480 g/mol. The highest BCUT2D eigenvalue weighted by Gasteiger charge is 2.19. The molecule has 6 nitrogen and oxygen atoms in total. The Labute approximate surface area is 208 Å². The molecule has 182 valence electrons. The van der Waals surface area contributed by atoms with Crippen LogP contribution in [0.4, 0.5) is 0 Å². The minimum Gasteiger partial charge on any atom is -0.492 e. The maximum Gasteiger partial charge on any atom is 0.191 e. The molecule has 0 fully saturated rings. The molecule has 0 saturated heterocycles. The van der Waals surface area contributed by atoms with Gasteiger partial charge in [0.25, 0.3) is 0 Å². The zero-order valence-electron chi connectivity index (χ0n) is 20.7. The zero-order valence-corrected chi connectivity index (χ0v) is 21.6. The number of hydrogen-bond donors (Lipinski definition) is 0. The van der Waals surface area contributed by atoms with Crippen molar-refractivity contribution in [2.45, 2.75) is 38.4 Å². The molecule has 34 heavy (non-hydrogen) atoms. The first-order valence-corrected chi connectivity index (χ1v) is 13.4. The van der Waals surface area contributed by atoms with Gasteiger partial charge in [0.2, 0.25) is 0 Å². The molecule has 0 radical (unpaired) electrons. The summed E-state index contributed by atoms with van der Waals surface area (Å²) in [5, 5.41) is 9.78. The van der Waals surface area contributed by atoms with Gasteiger partial charge in [0.15, 0.2) is 11.0 Å². The van der Waals surface area contributed by atoms with Gasteiger partial charge >= 0.3 is 0 Å². The highest BCUT2D eigenvalue weighted by molar-refractivity contribution is 7.99. The molecule has 1 aromatic heterocycles. The van der Waals surface area contributed by atoms with Crippen LogP contribution < -0.4 is 4.74 Å². The van der Waals surface area contributed by atoms with Gasteiger partial charge in [-0.2, -0.15) is 0 Å². The Hall–Kier alpha value is -2.35. The maximum absolute atomic E-state index is 6.19. The summed E-state index contributed by atoms with van der Waals surface area (Å²) in [6, 6.07) is 16.8. The van der Waals surface area contributed by atoms with Crippen LogP contribution in [0.1, 0.15) is 31.4 Å². The number of nitrogens with zero attached hydrogens (tertiary/aromatic N) is 5. The van der Waals surface area contributed by atoms with Gasteiger partial charge in [0.1, 0.15) is 12.4 Å². The molecule has 1 aliphatic heterocycles. The van der Waals surface area contributed by atoms with Gasteiger partial charge in [-0.1, -0.05) is 68.1 Å². The quantitative estimate of drug-likeness (QED) is 0.276. The second-order valence-corrected chi connectivity index (χ2v) is 9.79. The molecule has 0 bridgehead atoms. The average Bonchev–Trinajstić information content (AvgIpc) is 3.25. The van der Waals surface area contributed by atoms with Crippen LogP contribution in [0.5, 0.6) is 5.75 Å². The third-order valence-electron chi connectivity index (χ3n) is 6.58. The van der Waals surface area contributed by atoms with Crippen molar-refractivity contribution in [2.24, 2.45) is 7.05 Å². The van der Waals surface area contributed by atoms with Crippen LogP contribution in [-0.4, -0.2) is 69.6 Å². The minimum atomic E-state index is 0.757. The number of rotatable bonds is 12. The third kappa shape index (κ3) is 6.20. The lowest BCUT2D eigenvalue weighted by Gasteiger charge is -2.30. The fraction of sp³-hybridized carbons (Fsp3) is 0.481. The monoisotopic (exact) mass is 479 g/mol. The lowest BCUT2D eigenvalue weighted by molar-refractivity contribution is 0.216. The van der Waals surface area contributed by atoms with Crippen molar-refractivity contribution in [1.29, 1.82) is 0 Å². The van der Waals surface area contributed by atoms with E-state index in [1.165, 1.54) is 11.1 Å². The van der Waals surface area contributed by atoms with E-state index in [9.17, 15) is 0 Å². The molecule has 4 rings (SSSR count). The van der Waals surface area contributed by atoms with Gasteiger partial charge in [-0.3, -0.25) is 4.90 Å². The van der Waals surface area contributed by atoms with Crippen LogP contribution in [0.2, 0.25) is 0 Å². The van der Waals surface area contributed by atoms with Crippen LogP contribution in [0.25, 0.3) is 11.4 Å². The molecule has 0 unspecified atom stereocenters. The van der Waals surface area contributed by atoms with Crippen molar-refractivity contribution in [2.75, 3.05) is 45.1 Å². The SMILES string of the molecule is CCN(CC)CCOc1cccc2c1CCN(CCCSc1nnc(-c3ccccc3)n1C)C2. The van der Waals surface area contributed by atoms with E-state index in [1.807, 2.05) is 25.2 Å². The Morgan fingerprint density at radius 3 is 2.65 bits per heavy atom. The van der Waals surface area contributed by atoms with Crippen LogP contribution in [0.15, 0.2) is 53.7 Å². The van der Waals surface area contributed by atoms with Crippen molar-refractivity contribution >= 4 is 11.8 Å². The molecular formula is C27H37N5OS. The fourth-order valence-electron chi connectivity index (χ4n) is 4.51. The molecule has 0 N–H and O–H groups in total. The first-order valence-electron chi connectivity index (χ1n) is 12.5. The molecule has 2 aromatic carbocycles. The fourth-order valence-corrected chi connectivity index (χ4v) is 5.35. The van der Waals surface area contributed by atoms with Gasteiger partial charge in [0, 0.05) is 38.0 Å². The van der Waals surface area contributed by atoms with Gasteiger partial charge in [0.05, 0.1) is 0 Å². The van der Waals surface area contributed by atoms with E-state index in [4.69, 9.17) is 4.74 Å². The van der Waals surface area contributed by atoms with E-state index in [2.05, 4.69) is 68.7 Å². The lowest BCUT2D eigenvalue weighted by Crippen LogP contribution is -2.32. The largest absolute Gasteiger partial charge is 0.492 e. The van der Waals surface area contributed by atoms with Crippen molar-refractivity contribution in [3.05, 3.63) is 59.7 Å². The second kappa shape index (κ2) is 12.4. The topological polar surface area (TPSA) is 46.4 Å². The van der Waals surface area contributed by atoms with Crippen LogP contribution in [0, 0.1) is 0 Å². The number of hydrogen-bond acceptors (Lipinski definition) is 6. The Kier molecular flexibility index (Phi) is 9.02. The smallest absolute Gasteiger partial charge is 0.191 e. The maximum atomic E-state index is 6.19. The Bertz CT molecular complexity index is 1030. The highest BCUT2D eigenvalue weighted by Crippen LogP contribution is 2.28. The molecule has 3 aromatic rings. The van der Waals surface area contributed by atoms with Crippen LogP contribution >= 0.6 is 11.8 Å². The Balaban J connectivity index is 1.24. The first kappa shape index (κ1) is 24.8. The number of thioether (sulfide) groups is 1. The van der Waals surface area contributed by atoms with Crippen molar-refractivity contribution in [3.8, 4) is 17.1 Å². The zero-order chi connectivity index (χ0) is 23.8. The van der Waals surface area contributed by atoms with Gasteiger partial charge in [-0.25, -0.2) is 0 Å². The molecule has 0 saturated carbocycles. The molecule has 7 heteroatoms. The summed E-state index contributed by atoms with van der Waals surface area (Å²) in [6.45, 7) is 11.5. The summed E-state index contributed by atoms with van der Waals surface area (Å²) in [6.07, 6.45) is 2.20. The molecule has 0 amide bonds. The molecule has 0 atom stereocenters. The van der Waals surface area contributed by atoms with Gasteiger partial charge in [-0.05, 0) is 49.7 Å². The standard InChI is InChI=1S/C27H37N5OS/c1-4-31(5-2)18-19-33-25-14-9-13-23-21-32(17-15-24(23)25)16-10-20-34-27-29-28-26(30(27)3)22-11-7-6-8-12-22/h6-9,11-14H,4-5,10,15-21H2,1-3H3. The van der Waals surface area contributed by atoms with E-state index in [1.54, 1.807) is 11.8 Å². The van der Waals surface area contributed by atoms with Gasteiger partial charge in [-0.15, -0.1) is 10.2 Å². The van der Waals surface area contributed by atoms with E-state index in [0.29, 0.717) is 0 Å². The summed E-state index contributed by atoms with van der Waals surface area (Å²) in [4.78, 5) is 4.97. The molecule has 0 aliphatic carbocycles. The van der Waals surface area contributed by atoms with Crippen LogP contribution in [0.3, 0.4) is 0 Å². The normalized spacial score (nSPS) is 13.9. The number of benzene rings is 2. The summed E-state index contributed by atoms with van der Waals surface area (Å²) >= 11 is 1.79. The number of likely N-dealkylation sites (N-methyl/N-ethyl adjacent to an activating group) is 1.